The molecule has 5 heteroatoms. The van der Waals surface area contributed by atoms with Crippen LogP contribution in [0, 0.1) is 17.8 Å². The summed E-state index contributed by atoms with van der Waals surface area (Å²) in [7, 11) is 0. The Morgan fingerprint density at radius 3 is 2.70 bits per heavy atom. The summed E-state index contributed by atoms with van der Waals surface area (Å²) in [6.45, 7) is 7.27. The largest absolute Gasteiger partial charge is 0.325 e. The van der Waals surface area contributed by atoms with Crippen molar-refractivity contribution in [1.29, 1.82) is 0 Å². The minimum Gasteiger partial charge on any atom is -0.325 e. The second-order valence-electron chi connectivity index (χ2n) is 9.46. The second-order valence-corrected chi connectivity index (χ2v) is 10.5. The zero-order chi connectivity index (χ0) is 20.9. The van der Waals surface area contributed by atoms with Gasteiger partial charge in [0.2, 0.25) is 5.91 Å². The van der Waals surface area contributed by atoms with Crippen molar-refractivity contribution in [3.05, 3.63) is 58.3 Å². The fraction of sp³-hybridized carbons (Fsp3) is 0.520. The molecule has 1 aromatic carbocycles. The lowest BCUT2D eigenvalue weighted by molar-refractivity contribution is -0.151. The summed E-state index contributed by atoms with van der Waals surface area (Å²) in [5.41, 5.74) is 1.72. The van der Waals surface area contributed by atoms with Crippen molar-refractivity contribution in [2.24, 2.45) is 22.7 Å². The zero-order valence-corrected chi connectivity index (χ0v) is 18.8. The van der Waals surface area contributed by atoms with Crippen LogP contribution in [-0.2, 0) is 16.1 Å². The average molecular weight is 423 g/mol. The van der Waals surface area contributed by atoms with E-state index in [9.17, 15) is 4.79 Å². The van der Waals surface area contributed by atoms with E-state index in [0.717, 1.165) is 25.0 Å². The standard InChI is InChI=1S/C25H30N2O2S/c1-16(2)12-23-26-22-13-20(18-8-5-4-6-9-18)17(3)21-14-25(22,29-23)27(24(21)28)15-19-10-7-11-30-19/h4-11,16-17,20-21,23H,12-15H2,1-3H3/t17-,20+,21?,23-,25+/m1/s1. The summed E-state index contributed by atoms with van der Waals surface area (Å²) in [5.74, 6) is 1.26. The van der Waals surface area contributed by atoms with Gasteiger partial charge in [-0.25, -0.2) is 0 Å². The Kier molecular flexibility index (Phi) is 5.06. The van der Waals surface area contributed by atoms with Gasteiger partial charge in [-0.2, -0.15) is 0 Å². The van der Waals surface area contributed by atoms with Crippen LogP contribution in [0.25, 0.3) is 0 Å². The molecule has 0 radical (unpaired) electrons. The second kappa shape index (κ2) is 7.61. The number of likely N-dealkylation sites (tertiary alicyclic amines) is 1. The fourth-order valence-corrected chi connectivity index (χ4v) is 6.23. The highest BCUT2D eigenvalue weighted by molar-refractivity contribution is 7.09. The number of aliphatic imine (C=N–C) groups is 1. The van der Waals surface area contributed by atoms with Gasteiger partial charge in [-0.05, 0) is 47.6 Å². The van der Waals surface area contributed by atoms with Crippen LogP contribution in [-0.4, -0.2) is 28.5 Å². The Balaban J connectivity index is 1.56. The van der Waals surface area contributed by atoms with Crippen LogP contribution in [0.3, 0.4) is 0 Å². The number of hydrogen-bond acceptors (Lipinski definition) is 4. The maximum absolute atomic E-state index is 13.7. The number of hydrogen-bond donors (Lipinski definition) is 0. The third-order valence-electron chi connectivity index (χ3n) is 7.08. The van der Waals surface area contributed by atoms with Gasteiger partial charge in [0.1, 0.15) is 0 Å². The lowest BCUT2D eigenvalue weighted by atomic mass is 9.78. The van der Waals surface area contributed by atoms with Gasteiger partial charge in [0.25, 0.3) is 0 Å². The molecule has 5 atom stereocenters. The molecule has 2 aromatic rings. The molecule has 30 heavy (non-hydrogen) atoms. The monoisotopic (exact) mass is 422 g/mol. The molecule has 1 unspecified atom stereocenters. The highest BCUT2D eigenvalue weighted by Crippen LogP contribution is 2.53. The van der Waals surface area contributed by atoms with Gasteiger partial charge < -0.3 is 9.64 Å². The highest BCUT2D eigenvalue weighted by Gasteiger charge is 2.62. The lowest BCUT2D eigenvalue weighted by Gasteiger charge is -2.37. The van der Waals surface area contributed by atoms with E-state index in [1.807, 2.05) is 4.90 Å². The van der Waals surface area contributed by atoms with Crippen LogP contribution in [0.2, 0.25) is 0 Å². The molecule has 1 amide bonds. The summed E-state index contributed by atoms with van der Waals surface area (Å²) in [5, 5.41) is 2.08. The molecule has 3 aliphatic rings. The Labute approximate surface area is 183 Å². The van der Waals surface area contributed by atoms with E-state index >= 15 is 0 Å². The topological polar surface area (TPSA) is 41.9 Å². The first-order chi connectivity index (χ1) is 14.5. The molecular weight excluding hydrogens is 392 g/mol. The molecule has 1 saturated carbocycles. The Bertz CT molecular complexity index is 939. The fourth-order valence-electron chi connectivity index (χ4n) is 5.54. The quantitative estimate of drug-likeness (QED) is 0.642. The van der Waals surface area contributed by atoms with E-state index in [1.165, 1.54) is 10.4 Å². The minimum atomic E-state index is -0.664. The first kappa shape index (κ1) is 20.0. The van der Waals surface area contributed by atoms with Crippen LogP contribution in [0.5, 0.6) is 0 Å². The summed E-state index contributed by atoms with van der Waals surface area (Å²) in [6, 6.07) is 14.8. The van der Waals surface area contributed by atoms with E-state index in [-0.39, 0.29) is 24.0 Å². The van der Waals surface area contributed by atoms with E-state index < -0.39 is 5.72 Å². The third-order valence-corrected chi connectivity index (χ3v) is 7.94. The van der Waals surface area contributed by atoms with Crippen molar-refractivity contribution >= 4 is 23.0 Å². The van der Waals surface area contributed by atoms with Crippen molar-refractivity contribution < 1.29 is 9.53 Å². The van der Waals surface area contributed by atoms with Gasteiger partial charge in [0.05, 0.1) is 12.3 Å². The Hall–Kier alpha value is -1.98. The van der Waals surface area contributed by atoms with Crippen LogP contribution in [0.4, 0.5) is 0 Å². The first-order valence-corrected chi connectivity index (χ1v) is 12.0. The number of fused-ring (bicyclic) bond motifs is 1. The molecule has 1 aromatic heterocycles. The molecule has 1 spiro atoms. The number of nitrogens with zero attached hydrogens (tertiary/aromatic N) is 2. The molecule has 3 heterocycles. The number of benzene rings is 1. The van der Waals surface area contributed by atoms with Gasteiger partial charge in [0, 0.05) is 17.2 Å². The maximum Gasteiger partial charge on any atom is 0.229 e. The first-order valence-electron chi connectivity index (χ1n) is 11.1. The smallest absolute Gasteiger partial charge is 0.229 e. The molecule has 2 aliphatic heterocycles. The predicted molar refractivity (Wildman–Crippen MR) is 120 cm³/mol. The summed E-state index contributed by atoms with van der Waals surface area (Å²) >= 11 is 1.70. The number of thiophene rings is 1. The van der Waals surface area contributed by atoms with Gasteiger partial charge in [-0.15, -0.1) is 11.3 Å². The molecule has 1 aliphatic carbocycles. The number of carbonyl (C=O) groups is 1. The third kappa shape index (κ3) is 3.23. The molecule has 2 bridgehead atoms. The number of ether oxygens (including phenoxy) is 1. The summed E-state index contributed by atoms with van der Waals surface area (Å²) in [6.07, 6.45) is 2.34. The molecule has 158 valence electrons. The normalized spacial score (nSPS) is 33.0. The maximum atomic E-state index is 13.7. The van der Waals surface area contributed by atoms with Gasteiger partial charge in [-0.1, -0.05) is 57.2 Å². The zero-order valence-electron chi connectivity index (χ0n) is 18.0. The molecule has 2 fully saturated rings. The molecular formula is C25H30N2O2S. The molecule has 5 rings (SSSR count). The van der Waals surface area contributed by atoms with E-state index in [1.54, 1.807) is 11.3 Å². The SMILES string of the molecule is CC(C)C[C@@H]1N=C2C[C@H](c3ccccc3)[C@@H](C)C3C[C@@]2(O1)N(Cc1cccs1)C3=O. The van der Waals surface area contributed by atoms with Crippen LogP contribution in [0.1, 0.15) is 56.4 Å². The number of amides is 1. The highest BCUT2D eigenvalue weighted by atomic mass is 32.1. The van der Waals surface area contributed by atoms with Crippen molar-refractivity contribution in [2.45, 2.75) is 64.4 Å². The van der Waals surface area contributed by atoms with E-state index in [0.29, 0.717) is 18.4 Å². The Morgan fingerprint density at radius 2 is 2.00 bits per heavy atom. The summed E-state index contributed by atoms with van der Waals surface area (Å²) in [4.78, 5) is 22.0. The lowest BCUT2D eigenvalue weighted by Crippen LogP contribution is -2.52. The van der Waals surface area contributed by atoms with Crippen molar-refractivity contribution in [3.63, 3.8) is 0 Å². The van der Waals surface area contributed by atoms with Gasteiger partial charge in [0.15, 0.2) is 12.0 Å². The van der Waals surface area contributed by atoms with Crippen molar-refractivity contribution in [2.75, 3.05) is 0 Å². The number of rotatable bonds is 5. The summed E-state index contributed by atoms with van der Waals surface area (Å²) < 4.78 is 6.71. The van der Waals surface area contributed by atoms with E-state index in [4.69, 9.17) is 9.73 Å². The average Bonchev–Trinajstić information content (AvgIpc) is 3.40. The van der Waals surface area contributed by atoms with Crippen LogP contribution >= 0.6 is 11.3 Å². The molecule has 0 N–H and O–H groups in total. The minimum absolute atomic E-state index is 0.0272. The van der Waals surface area contributed by atoms with Crippen molar-refractivity contribution in [1.82, 2.24) is 4.90 Å². The van der Waals surface area contributed by atoms with Gasteiger partial charge >= 0.3 is 0 Å². The van der Waals surface area contributed by atoms with E-state index in [2.05, 4.69) is 68.6 Å². The van der Waals surface area contributed by atoms with Crippen LogP contribution in [0.15, 0.2) is 52.8 Å². The predicted octanol–water partition coefficient (Wildman–Crippen LogP) is 5.46. The van der Waals surface area contributed by atoms with Crippen molar-refractivity contribution in [3.8, 4) is 0 Å². The van der Waals surface area contributed by atoms with Crippen LogP contribution < -0.4 is 0 Å². The Morgan fingerprint density at radius 1 is 1.20 bits per heavy atom. The number of carbonyl (C=O) groups excluding carboxylic acids is 1. The molecule has 1 saturated heterocycles. The van der Waals surface area contributed by atoms with Gasteiger partial charge in [-0.3, -0.25) is 9.79 Å². The molecule has 4 nitrogen and oxygen atoms in total.